The van der Waals surface area contributed by atoms with E-state index in [9.17, 15) is 14.0 Å². The maximum atomic E-state index is 13.4. The second-order valence-electron chi connectivity index (χ2n) is 8.70. The molecule has 4 rings (SSSR count). The van der Waals surface area contributed by atoms with Crippen molar-refractivity contribution in [1.29, 1.82) is 0 Å². The van der Waals surface area contributed by atoms with Crippen LogP contribution >= 0.6 is 24.0 Å². The Morgan fingerprint density at radius 3 is 2.58 bits per heavy atom. The van der Waals surface area contributed by atoms with Gasteiger partial charge in [-0.05, 0) is 42.3 Å². The molecule has 0 spiro atoms. The molecule has 2 aromatic heterocycles. The number of fused-ring (bicyclic) bond motifs is 1. The first kappa shape index (κ1) is 26.0. The van der Waals surface area contributed by atoms with Gasteiger partial charge in [0.25, 0.3) is 11.5 Å². The summed E-state index contributed by atoms with van der Waals surface area (Å²) < 4.78 is 15.1. The summed E-state index contributed by atoms with van der Waals surface area (Å²) >= 11 is 6.60. The normalized spacial score (nSPS) is 14.8. The fourth-order valence-electron chi connectivity index (χ4n) is 4.02. The summed E-state index contributed by atoms with van der Waals surface area (Å²) in [5.41, 5.74) is 1.37. The van der Waals surface area contributed by atoms with Gasteiger partial charge in [-0.1, -0.05) is 81.2 Å². The topological polar surface area (TPSA) is 66.7 Å². The van der Waals surface area contributed by atoms with Crippen LogP contribution in [0.15, 0.2) is 58.4 Å². The average Bonchev–Trinajstić information content (AvgIpc) is 3.14. The van der Waals surface area contributed by atoms with Gasteiger partial charge in [-0.3, -0.25) is 18.9 Å². The number of benzene rings is 1. The predicted molar refractivity (Wildman–Crippen MR) is 148 cm³/mol. The van der Waals surface area contributed by atoms with Crippen LogP contribution in [0, 0.1) is 5.82 Å². The van der Waals surface area contributed by atoms with Crippen LogP contribution in [0.1, 0.15) is 56.6 Å². The molecule has 1 aromatic carbocycles. The first-order valence-corrected chi connectivity index (χ1v) is 13.5. The zero-order chi connectivity index (χ0) is 25.5. The number of aromatic nitrogens is 2. The lowest BCUT2D eigenvalue weighted by Gasteiger charge is -2.14. The number of anilines is 1. The number of carbonyl (C=O) groups is 1. The molecule has 1 fully saturated rings. The summed E-state index contributed by atoms with van der Waals surface area (Å²) in [6, 6.07) is 11.3. The van der Waals surface area contributed by atoms with Crippen LogP contribution in [0.2, 0.25) is 0 Å². The molecule has 0 aliphatic carbocycles. The van der Waals surface area contributed by atoms with Crippen LogP contribution in [0.5, 0.6) is 0 Å². The number of carbonyl (C=O) groups excluding carboxylic acids is 1. The van der Waals surface area contributed by atoms with E-state index in [2.05, 4.69) is 17.2 Å². The molecule has 1 N–H and O–H groups in total. The summed E-state index contributed by atoms with van der Waals surface area (Å²) in [5, 5.41) is 3.32. The van der Waals surface area contributed by atoms with Gasteiger partial charge in [0.2, 0.25) is 0 Å². The van der Waals surface area contributed by atoms with E-state index < -0.39 is 0 Å². The van der Waals surface area contributed by atoms with Gasteiger partial charge < -0.3 is 5.32 Å². The highest BCUT2D eigenvalue weighted by Gasteiger charge is 2.32. The van der Waals surface area contributed by atoms with E-state index in [0.29, 0.717) is 32.8 Å². The number of pyridine rings is 1. The Morgan fingerprint density at radius 2 is 1.81 bits per heavy atom. The van der Waals surface area contributed by atoms with Gasteiger partial charge >= 0.3 is 0 Å². The quantitative estimate of drug-likeness (QED) is 0.188. The van der Waals surface area contributed by atoms with Gasteiger partial charge in [-0.15, -0.1) is 0 Å². The first-order chi connectivity index (χ1) is 17.5. The molecule has 3 aromatic rings. The van der Waals surface area contributed by atoms with Crippen molar-refractivity contribution < 1.29 is 9.18 Å². The largest absolute Gasteiger partial charge is 0.369 e. The van der Waals surface area contributed by atoms with Crippen molar-refractivity contribution in [2.75, 3.05) is 11.9 Å². The number of thiocarbonyl (C=S) groups is 1. The van der Waals surface area contributed by atoms with Crippen LogP contribution < -0.4 is 10.9 Å². The molecule has 1 aliphatic rings. The fraction of sp³-hybridized carbons (Fsp3) is 0.333. The minimum atomic E-state index is -0.339. The zero-order valence-electron chi connectivity index (χ0n) is 20.2. The van der Waals surface area contributed by atoms with E-state index in [1.807, 2.05) is 6.07 Å². The maximum Gasteiger partial charge on any atom is 0.267 e. The Kier molecular flexibility index (Phi) is 8.88. The van der Waals surface area contributed by atoms with Gasteiger partial charge in [-0.25, -0.2) is 9.37 Å². The standard InChI is InChI=1S/C27H29FN4O2S2/c1-2-3-4-5-6-8-15-29-24-21(25(33)31-16-9-7-10-23(31)30-24)17-22-26(34)32(27(35)36-22)18-19-11-13-20(28)14-12-19/h7,9-14,16-17,29H,2-6,8,15,18H2,1H3/b22-17+. The first-order valence-electron chi connectivity index (χ1n) is 12.2. The van der Waals surface area contributed by atoms with Gasteiger partial charge in [0.05, 0.1) is 17.0 Å². The number of hydrogen-bond donors (Lipinski definition) is 1. The van der Waals surface area contributed by atoms with Crippen molar-refractivity contribution >= 4 is 51.7 Å². The molecular weight excluding hydrogens is 495 g/mol. The minimum Gasteiger partial charge on any atom is -0.369 e. The Morgan fingerprint density at radius 1 is 1.06 bits per heavy atom. The molecule has 0 unspecified atom stereocenters. The molecule has 1 saturated heterocycles. The number of halogens is 1. The third kappa shape index (κ3) is 6.20. The van der Waals surface area contributed by atoms with Gasteiger partial charge in [-0.2, -0.15) is 0 Å². The lowest BCUT2D eigenvalue weighted by Crippen LogP contribution is -2.27. The summed E-state index contributed by atoms with van der Waals surface area (Å²) in [7, 11) is 0. The molecule has 9 heteroatoms. The van der Waals surface area contributed by atoms with Crippen molar-refractivity contribution in [2.45, 2.75) is 52.0 Å². The number of nitrogens with one attached hydrogen (secondary N) is 1. The van der Waals surface area contributed by atoms with Crippen molar-refractivity contribution in [1.82, 2.24) is 14.3 Å². The highest BCUT2D eigenvalue weighted by atomic mass is 32.2. The smallest absolute Gasteiger partial charge is 0.267 e. The van der Waals surface area contributed by atoms with Crippen molar-refractivity contribution in [3.05, 3.63) is 80.9 Å². The number of nitrogens with zero attached hydrogens (tertiary/aromatic N) is 3. The lowest BCUT2D eigenvalue weighted by atomic mass is 10.1. The molecule has 0 bridgehead atoms. The monoisotopic (exact) mass is 524 g/mol. The third-order valence-corrected chi connectivity index (χ3v) is 7.37. The van der Waals surface area contributed by atoms with E-state index in [4.69, 9.17) is 12.2 Å². The molecule has 1 aliphatic heterocycles. The van der Waals surface area contributed by atoms with Crippen molar-refractivity contribution in [2.24, 2.45) is 0 Å². The highest BCUT2D eigenvalue weighted by Crippen LogP contribution is 2.34. The number of rotatable bonds is 11. The number of thioether (sulfide) groups is 1. The summed E-state index contributed by atoms with van der Waals surface area (Å²) in [4.78, 5) is 33.1. The van der Waals surface area contributed by atoms with Crippen LogP contribution in [0.4, 0.5) is 10.2 Å². The zero-order valence-corrected chi connectivity index (χ0v) is 21.8. The highest BCUT2D eigenvalue weighted by molar-refractivity contribution is 8.26. The Labute approximate surface area is 219 Å². The molecule has 0 atom stereocenters. The number of unbranched alkanes of at least 4 members (excludes halogenated alkanes) is 5. The molecule has 188 valence electrons. The van der Waals surface area contributed by atoms with E-state index >= 15 is 0 Å². The summed E-state index contributed by atoms with van der Waals surface area (Å²) in [5.74, 6) is -0.161. The Hall–Kier alpha value is -3.04. The molecular formula is C27H29FN4O2S2. The van der Waals surface area contributed by atoms with Crippen LogP contribution in [0.25, 0.3) is 11.7 Å². The van der Waals surface area contributed by atoms with Gasteiger partial charge in [0, 0.05) is 12.7 Å². The minimum absolute atomic E-state index is 0.236. The Balaban J connectivity index is 1.57. The van der Waals surface area contributed by atoms with E-state index in [-0.39, 0.29) is 23.8 Å². The van der Waals surface area contributed by atoms with Crippen LogP contribution in [-0.2, 0) is 11.3 Å². The lowest BCUT2D eigenvalue weighted by molar-refractivity contribution is -0.122. The second-order valence-corrected chi connectivity index (χ2v) is 10.4. The number of amides is 1. The SMILES string of the molecule is CCCCCCCCNc1nc2ccccn2c(=O)c1/C=C1/SC(=S)N(Cc2ccc(F)cc2)C1=O. The molecule has 6 nitrogen and oxygen atoms in total. The maximum absolute atomic E-state index is 13.4. The van der Waals surface area contributed by atoms with Crippen molar-refractivity contribution in [3.63, 3.8) is 0 Å². The molecule has 1 amide bonds. The number of hydrogen-bond acceptors (Lipinski definition) is 6. The van der Waals surface area contributed by atoms with Crippen LogP contribution in [0.3, 0.4) is 0 Å². The predicted octanol–water partition coefficient (Wildman–Crippen LogP) is 6.01. The second kappa shape index (κ2) is 12.3. The summed E-state index contributed by atoms with van der Waals surface area (Å²) in [6.07, 6.45) is 10.2. The van der Waals surface area contributed by atoms with E-state index in [1.165, 1.54) is 47.1 Å². The van der Waals surface area contributed by atoms with E-state index in [0.717, 1.165) is 30.2 Å². The molecule has 0 radical (unpaired) electrons. The average molecular weight is 525 g/mol. The third-order valence-electron chi connectivity index (χ3n) is 5.99. The van der Waals surface area contributed by atoms with Gasteiger partial charge in [0.15, 0.2) is 0 Å². The molecule has 36 heavy (non-hydrogen) atoms. The molecule has 0 saturated carbocycles. The van der Waals surface area contributed by atoms with Crippen molar-refractivity contribution in [3.8, 4) is 0 Å². The summed E-state index contributed by atoms with van der Waals surface area (Å²) in [6.45, 7) is 3.12. The van der Waals surface area contributed by atoms with E-state index in [1.54, 1.807) is 36.5 Å². The molecule has 3 heterocycles. The van der Waals surface area contributed by atoms with Gasteiger partial charge in [0.1, 0.15) is 21.6 Å². The fourth-order valence-corrected chi connectivity index (χ4v) is 5.26. The Bertz CT molecular complexity index is 1340. The van der Waals surface area contributed by atoms with Crippen LogP contribution in [-0.4, -0.2) is 31.1 Å².